The minimum atomic E-state index is -0.580. The number of esters is 1. The van der Waals surface area contributed by atoms with Gasteiger partial charge in [-0.3, -0.25) is 4.79 Å². The third kappa shape index (κ3) is 4.09. The van der Waals surface area contributed by atoms with Gasteiger partial charge in [0, 0.05) is 0 Å². The summed E-state index contributed by atoms with van der Waals surface area (Å²) in [7, 11) is 1.43. The molecule has 0 heterocycles. The van der Waals surface area contributed by atoms with Crippen molar-refractivity contribution in [1.82, 2.24) is 0 Å². The van der Waals surface area contributed by atoms with Crippen molar-refractivity contribution in [2.75, 3.05) is 7.11 Å². The molecule has 0 amide bonds. The molecular formula is C18H25NO3. The molecule has 4 nitrogen and oxygen atoms in total. The lowest BCUT2D eigenvalue weighted by molar-refractivity contribution is -0.155. The van der Waals surface area contributed by atoms with E-state index in [1.165, 1.54) is 26.4 Å². The van der Waals surface area contributed by atoms with Crippen LogP contribution in [0.4, 0.5) is 0 Å². The van der Waals surface area contributed by atoms with Crippen LogP contribution in [0.2, 0.25) is 0 Å². The number of nitrogens with zero attached hydrogens (tertiary/aromatic N) is 1. The summed E-state index contributed by atoms with van der Waals surface area (Å²) in [5, 5.41) is 4.02. The lowest BCUT2D eigenvalue weighted by Crippen LogP contribution is -2.46. The molecule has 4 heteroatoms. The number of rotatable bonds is 8. The molecule has 0 saturated heterocycles. The molecule has 1 aliphatic carbocycles. The first-order chi connectivity index (χ1) is 10.7. The van der Waals surface area contributed by atoms with Crippen LogP contribution in [0, 0.1) is 11.3 Å². The molecule has 0 aromatic heterocycles. The fraction of sp³-hybridized carbons (Fsp3) is 0.556. The molecule has 1 saturated carbocycles. The fourth-order valence-electron chi connectivity index (χ4n) is 3.02. The summed E-state index contributed by atoms with van der Waals surface area (Å²) in [5.41, 5.74) is 0.477. The number of unbranched alkanes of at least 4 members (excludes halogenated alkanes) is 1. The Morgan fingerprint density at radius 2 is 2.09 bits per heavy atom. The van der Waals surface area contributed by atoms with E-state index in [0.29, 0.717) is 12.5 Å². The third-order valence-electron chi connectivity index (χ3n) is 4.31. The smallest absolute Gasteiger partial charge is 0.317 e. The van der Waals surface area contributed by atoms with Gasteiger partial charge in [0.15, 0.2) is 0 Å². The van der Waals surface area contributed by atoms with E-state index in [1.54, 1.807) is 6.21 Å². The number of hydrogen-bond donors (Lipinski definition) is 0. The molecule has 22 heavy (non-hydrogen) atoms. The second kappa shape index (κ2) is 7.97. The molecule has 0 spiro atoms. The Morgan fingerprint density at radius 1 is 1.36 bits per heavy atom. The Labute approximate surface area is 132 Å². The molecular weight excluding hydrogens is 278 g/mol. The summed E-state index contributed by atoms with van der Waals surface area (Å²) < 4.78 is 4.94. The monoisotopic (exact) mass is 303 g/mol. The minimum Gasteiger partial charge on any atom is -0.468 e. The van der Waals surface area contributed by atoms with Crippen molar-refractivity contribution in [3.8, 4) is 0 Å². The van der Waals surface area contributed by atoms with E-state index in [0.717, 1.165) is 18.4 Å². The highest BCUT2D eigenvalue weighted by atomic mass is 16.6. The maximum absolute atomic E-state index is 12.0. The fourth-order valence-corrected chi connectivity index (χ4v) is 3.02. The SMILES string of the molecule is CCCCC1CC(C=NOCc2ccccc2)(C(=O)OC)C1. The van der Waals surface area contributed by atoms with Crippen molar-refractivity contribution in [2.45, 2.75) is 45.6 Å². The van der Waals surface area contributed by atoms with Gasteiger partial charge < -0.3 is 9.57 Å². The van der Waals surface area contributed by atoms with Crippen LogP contribution in [0.25, 0.3) is 0 Å². The zero-order valence-electron chi connectivity index (χ0n) is 13.5. The van der Waals surface area contributed by atoms with Crippen LogP contribution in [0.1, 0.15) is 44.6 Å². The number of methoxy groups -OCH3 is 1. The highest BCUT2D eigenvalue weighted by molar-refractivity contribution is 5.96. The van der Waals surface area contributed by atoms with Gasteiger partial charge in [0.2, 0.25) is 0 Å². The molecule has 0 aliphatic heterocycles. The van der Waals surface area contributed by atoms with Crippen LogP contribution < -0.4 is 0 Å². The zero-order chi connectivity index (χ0) is 15.8. The maximum Gasteiger partial charge on any atom is 0.317 e. The van der Waals surface area contributed by atoms with Crippen molar-refractivity contribution in [2.24, 2.45) is 16.5 Å². The summed E-state index contributed by atoms with van der Waals surface area (Å²) in [6.45, 7) is 2.60. The van der Waals surface area contributed by atoms with Crippen molar-refractivity contribution in [3.05, 3.63) is 35.9 Å². The van der Waals surface area contributed by atoms with Gasteiger partial charge in [-0.05, 0) is 24.3 Å². The van der Waals surface area contributed by atoms with E-state index in [9.17, 15) is 4.79 Å². The zero-order valence-corrected chi connectivity index (χ0v) is 13.5. The van der Waals surface area contributed by atoms with Crippen LogP contribution in [0.15, 0.2) is 35.5 Å². The quantitative estimate of drug-likeness (QED) is 0.415. The van der Waals surface area contributed by atoms with Gasteiger partial charge >= 0.3 is 5.97 Å². The predicted octanol–water partition coefficient (Wildman–Crippen LogP) is 3.95. The van der Waals surface area contributed by atoms with Gasteiger partial charge in [0.05, 0.1) is 13.3 Å². The molecule has 120 valence electrons. The molecule has 0 atom stereocenters. The topological polar surface area (TPSA) is 47.9 Å². The highest BCUT2D eigenvalue weighted by Gasteiger charge is 2.49. The standard InChI is InChI=1S/C18H25NO3/c1-3-4-8-16-11-18(12-16,17(20)21-2)14-19-22-13-15-9-6-5-7-10-15/h5-7,9-10,14,16H,3-4,8,11-13H2,1-2H3. The lowest BCUT2D eigenvalue weighted by Gasteiger charge is -2.42. The van der Waals surface area contributed by atoms with Crippen LogP contribution in [0.5, 0.6) is 0 Å². The highest BCUT2D eigenvalue weighted by Crippen LogP contribution is 2.47. The summed E-state index contributed by atoms with van der Waals surface area (Å²) in [5.74, 6) is 0.395. The lowest BCUT2D eigenvalue weighted by atomic mass is 9.61. The third-order valence-corrected chi connectivity index (χ3v) is 4.31. The first-order valence-electron chi connectivity index (χ1n) is 7.99. The van der Waals surface area contributed by atoms with Gasteiger partial charge in [-0.15, -0.1) is 0 Å². The van der Waals surface area contributed by atoms with E-state index in [1.807, 2.05) is 30.3 Å². The molecule has 1 aliphatic rings. The maximum atomic E-state index is 12.0. The Morgan fingerprint density at radius 3 is 2.73 bits per heavy atom. The second-order valence-corrected chi connectivity index (χ2v) is 6.06. The Hall–Kier alpha value is -1.84. The molecule has 0 unspecified atom stereocenters. The second-order valence-electron chi connectivity index (χ2n) is 6.06. The van der Waals surface area contributed by atoms with Crippen molar-refractivity contribution in [3.63, 3.8) is 0 Å². The van der Waals surface area contributed by atoms with Crippen LogP contribution in [0.3, 0.4) is 0 Å². The molecule has 1 aromatic rings. The Bertz CT molecular complexity index is 492. The van der Waals surface area contributed by atoms with Gasteiger partial charge in [0.1, 0.15) is 12.0 Å². The minimum absolute atomic E-state index is 0.202. The van der Waals surface area contributed by atoms with Crippen molar-refractivity contribution in [1.29, 1.82) is 0 Å². The molecule has 1 fully saturated rings. The van der Waals surface area contributed by atoms with Crippen molar-refractivity contribution >= 4 is 12.2 Å². The van der Waals surface area contributed by atoms with E-state index in [2.05, 4.69) is 12.1 Å². The molecule has 2 rings (SSSR count). The average Bonchev–Trinajstić information content (AvgIpc) is 2.52. The van der Waals surface area contributed by atoms with Gasteiger partial charge in [-0.1, -0.05) is 61.7 Å². The number of carbonyl (C=O) groups excluding carboxylic acids is 1. The van der Waals surface area contributed by atoms with Crippen LogP contribution in [-0.4, -0.2) is 19.3 Å². The number of carbonyl (C=O) groups is 1. The van der Waals surface area contributed by atoms with Gasteiger partial charge in [-0.25, -0.2) is 0 Å². The van der Waals surface area contributed by atoms with E-state index >= 15 is 0 Å². The van der Waals surface area contributed by atoms with E-state index in [-0.39, 0.29) is 5.97 Å². The number of hydrogen-bond acceptors (Lipinski definition) is 4. The Balaban J connectivity index is 1.86. The van der Waals surface area contributed by atoms with E-state index < -0.39 is 5.41 Å². The van der Waals surface area contributed by atoms with Crippen molar-refractivity contribution < 1.29 is 14.4 Å². The Kier molecular flexibility index (Phi) is 5.99. The summed E-state index contributed by atoms with van der Waals surface area (Å²) in [4.78, 5) is 17.4. The largest absolute Gasteiger partial charge is 0.468 e. The van der Waals surface area contributed by atoms with Gasteiger partial charge in [-0.2, -0.15) is 0 Å². The van der Waals surface area contributed by atoms with Crippen LogP contribution >= 0.6 is 0 Å². The molecule has 1 aromatic carbocycles. The normalized spacial score (nSPS) is 24.0. The first-order valence-corrected chi connectivity index (χ1v) is 7.99. The molecule has 0 bridgehead atoms. The number of oxime groups is 1. The summed E-state index contributed by atoms with van der Waals surface area (Å²) >= 11 is 0. The number of benzene rings is 1. The van der Waals surface area contributed by atoms with Gasteiger partial charge in [0.25, 0.3) is 0 Å². The average molecular weight is 303 g/mol. The number of ether oxygens (including phenoxy) is 1. The van der Waals surface area contributed by atoms with E-state index in [4.69, 9.17) is 9.57 Å². The van der Waals surface area contributed by atoms with Crippen LogP contribution in [-0.2, 0) is 21.0 Å². The molecule has 0 N–H and O–H groups in total. The summed E-state index contributed by atoms with van der Waals surface area (Å²) in [6.07, 6.45) is 6.85. The first kappa shape index (κ1) is 16.5. The molecule has 0 radical (unpaired) electrons. The predicted molar refractivity (Wildman–Crippen MR) is 86.4 cm³/mol. The summed E-state index contributed by atoms with van der Waals surface area (Å²) in [6, 6.07) is 9.85.